The van der Waals surface area contributed by atoms with Crippen molar-refractivity contribution in [2.45, 2.75) is 44.0 Å². The minimum atomic E-state index is -5.41. The molecule has 0 heterocycles. The number of hydrogen-bond acceptors (Lipinski definition) is 3. The van der Waals surface area contributed by atoms with Crippen LogP contribution in [0.4, 0.5) is 57.1 Å². The summed E-state index contributed by atoms with van der Waals surface area (Å²) in [5, 5.41) is -1.16. The fourth-order valence-electron chi connectivity index (χ4n) is 3.97. The Labute approximate surface area is 240 Å². The number of rotatable bonds is 9. The lowest BCUT2D eigenvalue weighted by molar-refractivity contribution is -0.140. The zero-order valence-electron chi connectivity index (χ0n) is 21.2. The molecule has 1 unspecified atom stereocenters. The van der Waals surface area contributed by atoms with Crippen LogP contribution in [0.25, 0.3) is 5.83 Å². The number of carbonyl (C=O) groups excluding carboxylic acids is 1. The van der Waals surface area contributed by atoms with Gasteiger partial charge in [0.25, 0.3) is 0 Å². The van der Waals surface area contributed by atoms with Crippen molar-refractivity contribution in [2.75, 3.05) is 11.5 Å². The first kappa shape index (κ1) is 36.4. The van der Waals surface area contributed by atoms with Crippen molar-refractivity contribution >= 4 is 33.0 Å². The van der Waals surface area contributed by atoms with Gasteiger partial charge in [-0.25, -0.2) is 12.8 Å². The van der Waals surface area contributed by atoms with Gasteiger partial charge in [-0.15, -0.1) is 0 Å². The Balaban J connectivity index is 2.47. The van der Waals surface area contributed by atoms with E-state index in [0.29, 0.717) is 18.2 Å². The number of alkyl halides is 12. The molecule has 3 nitrogen and oxygen atoms in total. The maximum absolute atomic E-state index is 14.9. The molecule has 18 heteroatoms. The quantitative estimate of drug-likeness (QED) is 0.196. The summed E-state index contributed by atoms with van der Waals surface area (Å²) < 4.78 is 197. The van der Waals surface area contributed by atoms with E-state index in [1.165, 1.54) is 0 Å². The zero-order valence-corrected chi connectivity index (χ0v) is 22.8. The van der Waals surface area contributed by atoms with Crippen LogP contribution in [0.15, 0.2) is 42.5 Å². The highest BCUT2D eigenvalue weighted by Gasteiger charge is 2.42. The summed E-state index contributed by atoms with van der Waals surface area (Å²) in [6.45, 7) is 0.987. The Hall–Kier alpha value is -2.82. The summed E-state index contributed by atoms with van der Waals surface area (Å²) in [6, 6.07) is 1.70. The smallest absolute Gasteiger partial charge is 0.294 e. The maximum atomic E-state index is 14.9. The van der Waals surface area contributed by atoms with Gasteiger partial charge < -0.3 is 0 Å². The summed E-state index contributed by atoms with van der Waals surface area (Å²) in [5.41, 5.74) is -6.59. The van der Waals surface area contributed by atoms with Gasteiger partial charge in [0.15, 0.2) is 15.6 Å². The molecule has 0 fully saturated rings. The van der Waals surface area contributed by atoms with Gasteiger partial charge in [0.2, 0.25) is 0 Å². The second-order valence-electron chi connectivity index (χ2n) is 9.43. The molecule has 43 heavy (non-hydrogen) atoms. The van der Waals surface area contributed by atoms with Crippen LogP contribution in [-0.4, -0.2) is 38.1 Å². The highest BCUT2D eigenvalue weighted by molar-refractivity contribution is 7.91. The van der Waals surface area contributed by atoms with Gasteiger partial charge in [-0.3, -0.25) is 4.79 Å². The molecule has 0 N–H and O–H groups in total. The second-order valence-corrected chi connectivity index (χ2v) is 11.9. The highest BCUT2D eigenvalue weighted by Crippen LogP contribution is 2.42. The van der Waals surface area contributed by atoms with E-state index in [4.69, 9.17) is 11.6 Å². The SMILES string of the molecule is C[C@@H](CC(=O)c1ccc(/C(F)=C/C(c2ccc(C(F)(F)F)c(Cl)c2)C(F)(F)F)cc1C(F)(F)F)CS(=O)(=O)CC(F)(F)F. The number of ketones is 1. The molecular formula is C25H18ClF13O3S. The van der Waals surface area contributed by atoms with Crippen molar-refractivity contribution in [1.82, 2.24) is 0 Å². The largest absolute Gasteiger partial charge is 0.417 e. The van der Waals surface area contributed by atoms with E-state index in [0.717, 1.165) is 6.92 Å². The molecule has 0 amide bonds. The first-order valence-electron chi connectivity index (χ1n) is 11.5. The molecule has 0 aliphatic carbocycles. The molecule has 0 saturated carbocycles. The second kappa shape index (κ2) is 12.7. The molecule has 240 valence electrons. The van der Waals surface area contributed by atoms with E-state index in [-0.39, 0.29) is 24.3 Å². The van der Waals surface area contributed by atoms with Crippen molar-refractivity contribution < 1.29 is 70.3 Å². The number of Topliss-reactive ketones (excluding diaryl/α,β-unsaturated/α-hetero) is 1. The third-order valence-corrected chi connectivity index (χ3v) is 7.84. The van der Waals surface area contributed by atoms with E-state index < -0.39 is 109 Å². The Morgan fingerprint density at radius 3 is 1.88 bits per heavy atom. The van der Waals surface area contributed by atoms with Crippen molar-refractivity contribution in [3.05, 3.63) is 75.3 Å². The van der Waals surface area contributed by atoms with Crippen molar-refractivity contribution in [3.63, 3.8) is 0 Å². The number of sulfone groups is 1. The first-order valence-corrected chi connectivity index (χ1v) is 13.7. The summed E-state index contributed by atoms with van der Waals surface area (Å²) in [7, 11) is -4.79. The van der Waals surface area contributed by atoms with E-state index in [1.807, 2.05) is 0 Å². The molecule has 0 spiro atoms. The summed E-state index contributed by atoms with van der Waals surface area (Å²) in [4.78, 5) is 12.5. The average molecular weight is 681 g/mol. The lowest BCUT2D eigenvalue weighted by Crippen LogP contribution is -2.28. The fraction of sp³-hybridized carbons (Fsp3) is 0.400. The zero-order chi connectivity index (χ0) is 33.3. The predicted octanol–water partition coefficient (Wildman–Crippen LogP) is 9.22. The minimum absolute atomic E-state index is 0.0166. The topological polar surface area (TPSA) is 51.2 Å². The lowest BCUT2D eigenvalue weighted by atomic mass is 9.93. The average Bonchev–Trinajstić information content (AvgIpc) is 2.77. The normalized spacial score (nSPS) is 15.4. The van der Waals surface area contributed by atoms with Gasteiger partial charge in [0.1, 0.15) is 17.5 Å². The van der Waals surface area contributed by atoms with Gasteiger partial charge in [0, 0.05) is 17.5 Å². The van der Waals surface area contributed by atoms with Crippen molar-refractivity contribution in [2.24, 2.45) is 5.92 Å². The van der Waals surface area contributed by atoms with Gasteiger partial charge in [-0.1, -0.05) is 36.7 Å². The number of benzene rings is 2. The van der Waals surface area contributed by atoms with Crippen LogP contribution in [0.1, 0.15) is 51.9 Å². The minimum Gasteiger partial charge on any atom is -0.294 e. The lowest BCUT2D eigenvalue weighted by Gasteiger charge is -2.20. The van der Waals surface area contributed by atoms with Crippen LogP contribution >= 0.6 is 11.6 Å². The third kappa shape index (κ3) is 10.4. The van der Waals surface area contributed by atoms with Gasteiger partial charge in [0.05, 0.1) is 21.9 Å². The Morgan fingerprint density at radius 2 is 1.42 bits per heavy atom. The number of hydrogen-bond donors (Lipinski definition) is 0. The molecule has 2 aromatic rings. The summed E-state index contributed by atoms with van der Waals surface area (Å²) >= 11 is 5.44. The summed E-state index contributed by atoms with van der Waals surface area (Å²) in [6.07, 6.45) is -22.1. The summed E-state index contributed by atoms with van der Waals surface area (Å²) in [5.74, 6) is -11.1. The van der Waals surface area contributed by atoms with E-state index in [9.17, 15) is 70.3 Å². The molecule has 2 aromatic carbocycles. The van der Waals surface area contributed by atoms with E-state index in [2.05, 4.69) is 0 Å². The Bertz CT molecular complexity index is 1470. The van der Waals surface area contributed by atoms with Crippen molar-refractivity contribution in [3.8, 4) is 0 Å². The third-order valence-electron chi connectivity index (χ3n) is 5.68. The van der Waals surface area contributed by atoms with Gasteiger partial charge in [-0.2, -0.15) is 52.7 Å². The molecule has 0 bridgehead atoms. The van der Waals surface area contributed by atoms with Gasteiger partial charge >= 0.3 is 24.7 Å². The highest BCUT2D eigenvalue weighted by atomic mass is 35.5. The van der Waals surface area contributed by atoms with Crippen molar-refractivity contribution in [1.29, 1.82) is 0 Å². The molecule has 0 radical (unpaired) electrons. The van der Waals surface area contributed by atoms with Gasteiger partial charge in [-0.05, 0) is 35.8 Å². The number of halogens is 14. The predicted molar refractivity (Wildman–Crippen MR) is 129 cm³/mol. The van der Waals surface area contributed by atoms with E-state index >= 15 is 0 Å². The van der Waals surface area contributed by atoms with Crippen LogP contribution in [-0.2, 0) is 22.2 Å². The molecule has 0 aliphatic heterocycles. The van der Waals surface area contributed by atoms with E-state index in [1.54, 1.807) is 0 Å². The standard InChI is InChI=1S/C25H18ClF13O3S/c1-12(10-43(41,42)11-22(28,29)30)6-21(40)15-4-2-14(7-18(15)25(37,38)39)20(27)9-17(24(34,35)36)13-3-5-16(19(26)8-13)23(31,32)33/h2-5,7-9,12,17H,6,10-11H2,1H3/b20-9-/t12-,17?/m0/s1. The van der Waals surface area contributed by atoms with Crippen LogP contribution in [0.5, 0.6) is 0 Å². The number of carbonyl (C=O) groups is 1. The molecule has 2 rings (SSSR count). The fourth-order valence-corrected chi connectivity index (χ4v) is 5.87. The Morgan fingerprint density at radius 1 is 0.860 bits per heavy atom. The molecule has 0 aromatic heterocycles. The van der Waals surface area contributed by atoms with Crippen LogP contribution in [0.3, 0.4) is 0 Å². The molecule has 2 atom stereocenters. The Kier molecular flexibility index (Phi) is 10.7. The monoisotopic (exact) mass is 680 g/mol. The van der Waals surface area contributed by atoms with Crippen LogP contribution in [0.2, 0.25) is 5.02 Å². The number of allylic oxidation sites excluding steroid dienone is 1. The molecule has 0 saturated heterocycles. The van der Waals surface area contributed by atoms with Crippen LogP contribution in [0, 0.1) is 5.92 Å². The van der Waals surface area contributed by atoms with Crippen LogP contribution < -0.4 is 0 Å². The first-order chi connectivity index (χ1) is 19.2. The molecular weight excluding hydrogens is 663 g/mol. The molecule has 0 aliphatic rings. The maximum Gasteiger partial charge on any atom is 0.417 e.